The minimum Gasteiger partial charge on any atom is -0.312 e. The second kappa shape index (κ2) is 6.15. The van der Waals surface area contributed by atoms with Gasteiger partial charge in [0.15, 0.2) is 0 Å². The van der Waals surface area contributed by atoms with Crippen LogP contribution in [0, 0.1) is 5.92 Å². The molecule has 0 amide bonds. The average Bonchev–Trinajstić information content (AvgIpc) is 2.67. The molecule has 0 aliphatic carbocycles. The van der Waals surface area contributed by atoms with Crippen LogP contribution in [0.1, 0.15) is 24.6 Å². The minimum atomic E-state index is 0.650. The van der Waals surface area contributed by atoms with Crippen LogP contribution in [0.25, 0.3) is 0 Å². The molecule has 0 spiro atoms. The lowest BCUT2D eigenvalue weighted by Gasteiger charge is -2.30. The first kappa shape index (κ1) is 12.6. The molecule has 0 saturated carbocycles. The van der Waals surface area contributed by atoms with Crippen LogP contribution in [0.2, 0.25) is 0 Å². The maximum atomic E-state index is 3.59. The predicted octanol–water partition coefficient (Wildman–Crippen LogP) is 2.99. The van der Waals surface area contributed by atoms with E-state index in [1.54, 1.807) is 0 Å². The monoisotopic (exact) mass is 302 g/mol. The molecule has 1 aliphatic heterocycles. The van der Waals surface area contributed by atoms with Gasteiger partial charge in [-0.1, -0.05) is 6.92 Å². The maximum Gasteiger partial charge on any atom is 0.0701 e. The van der Waals surface area contributed by atoms with E-state index in [2.05, 4.69) is 45.6 Å². The Bertz CT molecular complexity index is 327. The molecule has 2 atom stereocenters. The first-order valence-electron chi connectivity index (χ1n) is 5.94. The number of hydrogen-bond donors (Lipinski definition) is 2. The van der Waals surface area contributed by atoms with Gasteiger partial charge in [-0.2, -0.15) is 0 Å². The van der Waals surface area contributed by atoms with Gasteiger partial charge in [-0.05, 0) is 53.4 Å². The van der Waals surface area contributed by atoms with Gasteiger partial charge < -0.3 is 10.6 Å². The highest BCUT2D eigenvalue weighted by molar-refractivity contribution is 9.11. The van der Waals surface area contributed by atoms with Crippen LogP contribution >= 0.6 is 27.3 Å². The zero-order chi connectivity index (χ0) is 11.4. The Kier molecular flexibility index (Phi) is 4.82. The molecule has 4 heteroatoms. The van der Waals surface area contributed by atoms with Crippen molar-refractivity contribution in [3.63, 3.8) is 0 Å². The lowest BCUT2D eigenvalue weighted by molar-refractivity contribution is 0.290. The van der Waals surface area contributed by atoms with Crippen molar-refractivity contribution in [1.82, 2.24) is 10.6 Å². The van der Waals surface area contributed by atoms with Gasteiger partial charge in [0.1, 0.15) is 0 Å². The van der Waals surface area contributed by atoms with Crippen LogP contribution in [0.5, 0.6) is 0 Å². The third-order valence-corrected chi connectivity index (χ3v) is 4.85. The van der Waals surface area contributed by atoms with Gasteiger partial charge in [-0.15, -0.1) is 11.3 Å². The molecule has 0 radical (unpaired) electrons. The Balaban J connectivity index is 1.71. The Labute approximate surface area is 110 Å². The highest BCUT2D eigenvalue weighted by Crippen LogP contribution is 2.22. The Morgan fingerprint density at radius 3 is 3.12 bits per heavy atom. The predicted molar refractivity (Wildman–Crippen MR) is 73.9 cm³/mol. The molecule has 0 aromatic carbocycles. The molecule has 90 valence electrons. The minimum absolute atomic E-state index is 0.650. The lowest BCUT2D eigenvalue weighted by atomic mass is 9.93. The molecule has 2 nitrogen and oxygen atoms in total. The summed E-state index contributed by atoms with van der Waals surface area (Å²) in [6.07, 6.45) is 2.69. The largest absolute Gasteiger partial charge is 0.312 e. The number of rotatable bonds is 4. The molecule has 16 heavy (non-hydrogen) atoms. The second-order valence-electron chi connectivity index (χ2n) is 4.52. The van der Waals surface area contributed by atoms with Crippen LogP contribution in [0.3, 0.4) is 0 Å². The summed E-state index contributed by atoms with van der Waals surface area (Å²) in [7, 11) is 0. The van der Waals surface area contributed by atoms with Gasteiger partial charge in [-0.25, -0.2) is 0 Å². The number of piperidine rings is 1. The number of halogens is 1. The molecule has 0 bridgehead atoms. The van der Waals surface area contributed by atoms with Crippen molar-refractivity contribution in [3.8, 4) is 0 Å². The van der Waals surface area contributed by atoms with Crippen molar-refractivity contribution in [2.75, 3.05) is 13.1 Å². The number of hydrogen-bond acceptors (Lipinski definition) is 3. The van der Waals surface area contributed by atoms with Crippen molar-refractivity contribution in [3.05, 3.63) is 20.8 Å². The van der Waals surface area contributed by atoms with Crippen LogP contribution in [-0.4, -0.2) is 19.1 Å². The van der Waals surface area contributed by atoms with Crippen molar-refractivity contribution < 1.29 is 0 Å². The first-order chi connectivity index (χ1) is 7.75. The third-order valence-electron chi connectivity index (χ3n) is 3.22. The molecular formula is C12H19BrN2S. The fourth-order valence-corrected chi connectivity index (χ4v) is 3.64. The van der Waals surface area contributed by atoms with E-state index in [9.17, 15) is 0 Å². The average molecular weight is 303 g/mol. The molecular weight excluding hydrogens is 284 g/mol. The molecule has 1 aromatic heterocycles. The zero-order valence-electron chi connectivity index (χ0n) is 9.63. The topological polar surface area (TPSA) is 24.1 Å². The summed E-state index contributed by atoms with van der Waals surface area (Å²) in [6.45, 7) is 5.60. The normalized spacial score (nSPS) is 25.9. The van der Waals surface area contributed by atoms with Crippen molar-refractivity contribution in [2.24, 2.45) is 5.92 Å². The van der Waals surface area contributed by atoms with E-state index in [4.69, 9.17) is 0 Å². The molecule has 2 N–H and O–H groups in total. The zero-order valence-corrected chi connectivity index (χ0v) is 12.0. The van der Waals surface area contributed by atoms with Crippen molar-refractivity contribution in [2.45, 2.75) is 32.4 Å². The molecule has 1 saturated heterocycles. The second-order valence-corrected chi connectivity index (χ2v) is 7.06. The summed E-state index contributed by atoms with van der Waals surface area (Å²) >= 11 is 5.30. The maximum absolute atomic E-state index is 3.59. The fraction of sp³-hybridized carbons (Fsp3) is 0.667. The summed E-state index contributed by atoms with van der Waals surface area (Å²) in [5.41, 5.74) is 0. The molecule has 2 heterocycles. The van der Waals surface area contributed by atoms with E-state index >= 15 is 0 Å². The quantitative estimate of drug-likeness (QED) is 0.893. The highest BCUT2D eigenvalue weighted by atomic mass is 79.9. The molecule has 2 unspecified atom stereocenters. The van der Waals surface area contributed by atoms with E-state index in [0.29, 0.717) is 6.04 Å². The molecule has 1 aromatic rings. The Hall–Kier alpha value is 0.1000. The van der Waals surface area contributed by atoms with E-state index < -0.39 is 0 Å². The van der Waals surface area contributed by atoms with E-state index in [1.165, 1.54) is 28.0 Å². The number of thiophene rings is 1. The molecule has 1 fully saturated rings. The van der Waals surface area contributed by atoms with Crippen LogP contribution in [0.15, 0.2) is 15.9 Å². The van der Waals surface area contributed by atoms with Crippen LogP contribution < -0.4 is 10.6 Å². The highest BCUT2D eigenvalue weighted by Gasteiger charge is 2.19. The third kappa shape index (κ3) is 3.55. The SMILES string of the molecule is CC1CCCNC1CNCc1ccc(Br)s1. The van der Waals surface area contributed by atoms with Gasteiger partial charge >= 0.3 is 0 Å². The lowest BCUT2D eigenvalue weighted by Crippen LogP contribution is -2.46. The first-order valence-corrected chi connectivity index (χ1v) is 7.55. The Morgan fingerprint density at radius 2 is 2.44 bits per heavy atom. The molecule has 1 aliphatic rings. The number of nitrogens with one attached hydrogen (secondary N) is 2. The Morgan fingerprint density at radius 1 is 1.56 bits per heavy atom. The standard InChI is InChI=1S/C12H19BrN2S/c1-9-3-2-6-15-11(9)8-14-7-10-4-5-12(13)16-10/h4-5,9,11,14-15H,2-3,6-8H2,1H3. The summed E-state index contributed by atoms with van der Waals surface area (Å²) in [4.78, 5) is 1.40. The summed E-state index contributed by atoms with van der Waals surface area (Å²) in [5, 5.41) is 7.13. The van der Waals surface area contributed by atoms with Crippen LogP contribution in [0.4, 0.5) is 0 Å². The summed E-state index contributed by atoms with van der Waals surface area (Å²) in [6, 6.07) is 4.94. The smallest absolute Gasteiger partial charge is 0.0701 e. The summed E-state index contributed by atoms with van der Waals surface area (Å²) in [5.74, 6) is 0.802. The van der Waals surface area contributed by atoms with Crippen molar-refractivity contribution in [1.29, 1.82) is 0 Å². The van der Waals surface area contributed by atoms with E-state index in [0.717, 1.165) is 19.0 Å². The van der Waals surface area contributed by atoms with Crippen LogP contribution in [-0.2, 0) is 6.54 Å². The molecule has 2 rings (SSSR count). The van der Waals surface area contributed by atoms with Gasteiger partial charge in [-0.3, -0.25) is 0 Å². The summed E-state index contributed by atoms with van der Waals surface area (Å²) < 4.78 is 1.22. The van der Waals surface area contributed by atoms with E-state index in [-0.39, 0.29) is 0 Å². The van der Waals surface area contributed by atoms with Gasteiger partial charge in [0.05, 0.1) is 3.79 Å². The van der Waals surface area contributed by atoms with Crippen molar-refractivity contribution >= 4 is 27.3 Å². The van der Waals surface area contributed by atoms with E-state index in [1.807, 2.05) is 11.3 Å². The van der Waals surface area contributed by atoms with Gasteiger partial charge in [0.25, 0.3) is 0 Å². The van der Waals surface area contributed by atoms with Gasteiger partial charge in [0, 0.05) is 24.0 Å². The fourth-order valence-electron chi connectivity index (χ4n) is 2.18. The van der Waals surface area contributed by atoms with Gasteiger partial charge in [0.2, 0.25) is 0 Å².